The first kappa shape index (κ1) is 18.0. The van der Waals surface area contributed by atoms with Crippen LogP contribution in [0.25, 0.3) is 0 Å². The Morgan fingerprint density at radius 1 is 1.12 bits per heavy atom. The number of anilines is 1. The van der Waals surface area contributed by atoms with Crippen LogP contribution in [0.2, 0.25) is 0 Å². The summed E-state index contributed by atoms with van der Waals surface area (Å²) in [7, 11) is 1.68. The number of para-hydroxylation sites is 1. The van der Waals surface area contributed by atoms with E-state index in [9.17, 15) is 4.79 Å². The molecule has 0 N–H and O–H groups in total. The van der Waals surface area contributed by atoms with Gasteiger partial charge >= 0.3 is 0 Å². The zero-order chi connectivity index (χ0) is 18.4. The SMILES string of the molecule is COCCCN=C(C)C1C(=O)N(c2ccccc2)N=C1c1ccccc1. The lowest BCUT2D eigenvalue weighted by Crippen LogP contribution is -2.32. The summed E-state index contributed by atoms with van der Waals surface area (Å²) in [4.78, 5) is 17.7. The van der Waals surface area contributed by atoms with Crippen molar-refractivity contribution >= 4 is 23.0 Å². The molecule has 0 saturated heterocycles. The molecule has 5 heteroatoms. The van der Waals surface area contributed by atoms with E-state index in [1.54, 1.807) is 7.11 Å². The zero-order valence-corrected chi connectivity index (χ0v) is 15.1. The van der Waals surface area contributed by atoms with Gasteiger partial charge in [-0.15, -0.1) is 0 Å². The molecular formula is C21H23N3O2. The molecule has 0 fully saturated rings. The fourth-order valence-electron chi connectivity index (χ4n) is 2.97. The van der Waals surface area contributed by atoms with Gasteiger partial charge < -0.3 is 4.74 Å². The second-order valence-electron chi connectivity index (χ2n) is 6.14. The van der Waals surface area contributed by atoms with Crippen LogP contribution in [0.3, 0.4) is 0 Å². The number of aliphatic imine (C=N–C) groups is 1. The zero-order valence-electron chi connectivity index (χ0n) is 15.1. The first-order valence-corrected chi connectivity index (χ1v) is 8.75. The van der Waals surface area contributed by atoms with Crippen molar-refractivity contribution in [2.75, 3.05) is 25.3 Å². The Morgan fingerprint density at radius 2 is 1.77 bits per heavy atom. The van der Waals surface area contributed by atoms with Crippen molar-refractivity contribution in [2.24, 2.45) is 16.0 Å². The number of hydrogen-bond acceptors (Lipinski definition) is 4. The van der Waals surface area contributed by atoms with Crippen LogP contribution in [0, 0.1) is 5.92 Å². The summed E-state index contributed by atoms with van der Waals surface area (Å²) in [6.45, 7) is 3.20. The van der Waals surface area contributed by atoms with Crippen LogP contribution in [0.15, 0.2) is 70.8 Å². The number of hydrazone groups is 1. The number of hydrogen-bond donors (Lipinski definition) is 0. The van der Waals surface area contributed by atoms with Gasteiger partial charge in [0.15, 0.2) is 0 Å². The van der Waals surface area contributed by atoms with Gasteiger partial charge in [-0.25, -0.2) is 0 Å². The molecule has 2 aromatic rings. The van der Waals surface area contributed by atoms with Crippen LogP contribution < -0.4 is 5.01 Å². The quantitative estimate of drug-likeness (QED) is 0.567. The van der Waals surface area contributed by atoms with Crippen molar-refractivity contribution in [3.05, 3.63) is 66.2 Å². The van der Waals surface area contributed by atoms with E-state index in [0.717, 1.165) is 29.1 Å². The van der Waals surface area contributed by atoms with Crippen molar-refractivity contribution in [3.8, 4) is 0 Å². The Balaban J connectivity index is 1.93. The minimum Gasteiger partial charge on any atom is -0.385 e. The first-order valence-electron chi connectivity index (χ1n) is 8.75. The van der Waals surface area contributed by atoms with Gasteiger partial charge in [0.2, 0.25) is 0 Å². The van der Waals surface area contributed by atoms with E-state index >= 15 is 0 Å². The Bertz CT molecular complexity index is 801. The fraction of sp³-hybridized carbons (Fsp3) is 0.286. The smallest absolute Gasteiger partial charge is 0.262 e. The second-order valence-corrected chi connectivity index (χ2v) is 6.14. The highest BCUT2D eigenvalue weighted by molar-refractivity contribution is 6.32. The molecule has 3 rings (SSSR count). The highest BCUT2D eigenvalue weighted by atomic mass is 16.5. The predicted molar refractivity (Wildman–Crippen MR) is 105 cm³/mol. The fourth-order valence-corrected chi connectivity index (χ4v) is 2.97. The van der Waals surface area contributed by atoms with E-state index < -0.39 is 5.92 Å². The lowest BCUT2D eigenvalue weighted by molar-refractivity contribution is -0.118. The molecule has 0 bridgehead atoms. The maximum absolute atomic E-state index is 13.1. The normalized spacial score (nSPS) is 17.5. The van der Waals surface area contributed by atoms with Gasteiger partial charge in [-0.3, -0.25) is 9.79 Å². The lowest BCUT2D eigenvalue weighted by atomic mass is 9.93. The Labute approximate surface area is 154 Å². The second kappa shape index (κ2) is 8.54. The number of ether oxygens (including phenoxy) is 1. The minimum absolute atomic E-state index is 0.0666. The van der Waals surface area contributed by atoms with Gasteiger partial charge in [0.25, 0.3) is 5.91 Å². The third-order valence-electron chi connectivity index (χ3n) is 4.29. The molecular weight excluding hydrogens is 326 g/mol. The van der Waals surface area contributed by atoms with Crippen LogP contribution >= 0.6 is 0 Å². The first-order chi connectivity index (χ1) is 12.7. The van der Waals surface area contributed by atoms with Gasteiger partial charge in [0.05, 0.1) is 11.4 Å². The average molecular weight is 349 g/mol. The van der Waals surface area contributed by atoms with Crippen molar-refractivity contribution < 1.29 is 9.53 Å². The van der Waals surface area contributed by atoms with Crippen LogP contribution in [-0.4, -0.2) is 37.6 Å². The molecule has 0 spiro atoms. The van der Waals surface area contributed by atoms with Crippen molar-refractivity contribution in [3.63, 3.8) is 0 Å². The Hall–Kier alpha value is -2.79. The predicted octanol–water partition coefficient (Wildman–Crippen LogP) is 3.55. The van der Waals surface area contributed by atoms with E-state index in [4.69, 9.17) is 4.74 Å². The molecule has 1 atom stereocenters. The van der Waals surface area contributed by atoms with Gasteiger partial charge in [-0.1, -0.05) is 48.5 Å². The molecule has 0 aromatic heterocycles. The molecule has 5 nitrogen and oxygen atoms in total. The highest BCUT2D eigenvalue weighted by Gasteiger charge is 2.39. The topological polar surface area (TPSA) is 54.3 Å². The summed E-state index contributed by atoms with van der Waals surface area (Å²) >= 11 is 0. The van der Waals surface area contributed by atoms with E-state index in [1.807, 2.05) is 67.6 Å². The van der Waals surface area contributed by atoms with Crippen LogP contribution in [0.5, 0.6) is 0 Å². The number of nitrogens with zero attached hydrogens (tertiary/aromatic N) is 3. The lowest BCUT2D eigenvalue weighted by Gasteiger charge is -2.14. The van der Waals surface area contributed by atoms with E-state index in [1.165, 1.54) is 5.01 Å². The third kappa shape index (κ3) is 3.89. The minimum atomic E-state index is -0.458. The van der Waals surface area contributed by atoms with Crippen LogP contribution in [0.1, 0.15) is 18.9 Å². The molecule has 1 aliphatic heterocycles. The molecule has 1 amide bonds. The number of carbonyl (C=O) groups excluding carboxylic acids is 1. The third-order valence-corrected chi connectivity index (χ3v) is 4.29. The van der Waals surface area contributed by atoms with E-state index in [-0.39, 0.29) is 5.91 Å². The van der Waals surface area contributed by atoms with E-state index in [0.29, 0.717) is 13.2 Å². The van der Waals surface area contributed by atoms with Crippen molar-refractivity contribution in [1.29, 1.82) is 0 Å². The average Bonchev–Trinajstić information content (AvgIpc) is 3.04. The monoisotopic (exact) mass is 349 g/mol. The number of carbonyl (C=O) groups is 1. The van der Waals surface area contributed by atoms with Gasteiger partial charge in [0.1, 0.15) is 5.92 Å². The Kier molecular flexibility index (Phi) is 5.92. The summed E-state index contributed by atoms with van der Waals surface area (Å²) in [6, 6.07) is 19.3. The van der Waals surface area contributed by atoms with Gasteiger partial charge in [0, 0.05) is 26.0 Å². The van der Waals surface area contributed by atoms with Crippen LogP contribution in [-0.2, 0) is 9.53 Å². The maximum Gasteiger partial charge on any atom is 0.262 e. The summed E-state index contributed by atoms with van der Waals surface area (Å²) in [6.07, 6.45) is 0.828. The summed E-state index contributed by atoms with van der Waals surface area (Å²) in [5.74, 6) is -0.525. The van der Waals surface area contributed by atoms with Gasteiger partial charge in [-0.2, -0.15) is 10.1 Å². The largest absolute Gasteiger partial charge is 0.385 e. The number of rotatable bonds is 7. The summed E-state index contributed by atoms with van der Waals surface area (Å²) in [5, 5.41) is 6.14. The van der Waals surface area contributed by atoms with Gasteiger partial charge in [-0.05, 0) is 31.0 Å². The Morgan fingerprint density at radius 3 is 2.42 bits per heavy atom. The molecule has 134 valence electrons. The molecule has 26 heavy (non-hydrogen) atoms. The number of benzene rings is 2. The molecule has 0 saturated carbocycles. The molecule has 0 radical (unpaired) electrons. The van der Waals surface area contributed by atoms with Crippen molar-refractivity contribution in [1.82, 2.24) is 0 Å². The highest BCUT2D eigenvalue weighted by Crippen LogP contribution is 2.27. The maximum atomic E-state index is 13.1. The molecule has 1 heterocycles. The molecule has 0 aliphatic carbocycles. The standard InChI is InChI=1S/C21H23N3O2/c1-16(22-14-9-15-26-2)19-20(17-10-5-3-6-11-17)23-24(21(19)25)18-12-7-4-8-13-18/h3-8,10-13,19H,9,14-15H2,1-2H3. The molecule has 1 unspecified atom stereocenters. The summed E-state index contributed by atoms with van der Waals surface area (Å²) in [5.41, 5.74) is 3.23. The summed E-state index contributed by atoms with van der Waals surface area (Å²) < 4.78 is 5.07. The number of methoxy groups -OCH3 is 1. The molecule has 2 aromatic carbocycles. The van der Waals surface area contributed by atoms with Crippen molar-refractivity contribution in [2.45, 2.75) is 13.3 Å². The molecule has 1 aliphatic rings. The van der Waals surface area contributed by atoms with E-state index in [2.05, 4.69) is 10.1 Å². The number of amides is 1. The van der Waals surface area contributed by atoms with Crippen LogP contribution in [0.4, 0.5) is 5.69 Å².